The highest BCUT2D eigenvalue weighted by atomic mass is 16.4. The molecule has 0 saturated carbocycles. The number of benzene rings is 3. The first kappa shape index (κ1) is 21.3. The van der Waals surface area contributed by atoms with E-state index < -0.39 is 29.0 Å². The lowest BCUT2D eigenvalue weighted by Gasteiger charge is -2.13. The molecule has 0 atom stereocenters. The van der Waals surface area contributed by atoms with Gasteiger partial charge in [-0.2, -0.15) is 0 Å². The predicted octanol–water partition coefficient (Wildman–Crippen LogP) is 4.15. The summed E-state index contributed by atoms with van der Waals surface area (Å²) < 4.78 is 0. The quantitative estimate of drug-likeness (QED) is 0.314. The summed E-state index contributed by atoms with van der Waals surface area (Å²) in [6, 6.07) is 22.8. The zero-order chi connectivity index (χ0) is 23.4. The van der Waals surface area contributed by atoms with Crippen LogP contribution in [-0.2, 0) is 0 Å². The van der Waals surface area contributed by atoms with E-state index in [0.717, 1.165) is 11.1 Å². The van der Waals surface area contributed by atoms with Crippen molar-refractivity contribution in [1.82, 2.24) is 9.97 Å². The molecule has 0 saturated heterocycles. The third kappa shape index (κ3) is 4.72. The molecule has 0 radical (unpaired) electrons. The van der Waals surface area contributed by atoms with Gasteiger partial charge in [0.1, 0.15) is 5.82 Å². The van der Waals surface area contributed by atoms with Gasteiger partial charge in [0.05, 0.1) is 5.69 Å². The van der Waals surface area contributed by atoms with Gasteiger partial charge in [0.15, 0.2) is 5.69 Å². The summed E-state index contributed by atoms with van der Waals surface area (Å²) in [6.45, 7) is 0. The minimum Gasteiger partial charge on any atom is -0.501 e. The number of carbonyl (C=O) groups is 2. The third-order valence-electron chi connectivity index (χ3n) is 4.75. The highest BCUT2D eigenvalue weighted by Gasteiger charge is 2.18. The van der Waals surface area contributed by atoms with E-state index in [0.29, 0.717) is 16.9 Å². The Balaban J connectivity index is 1.57. The molecule has 0 spiro atoms. The molecule has 0 aliphatic carbocycles. The Morgan fingerprint density at radius 3 is 2.30 bits per heavy atom. The van der Waals surface area contributed by atoms with Crippen LogP contribution in [0.25, 0.3) is 22.5 Å². The number of rotatable bonds is 5. The summed E-state index contributed by atoms with van der Waals surface area (Å²) in [4.78, 5) is 41.9. The third-order valence-corrected chi connectivity index (χ3v) is 4.75. The number of amides is 2. The number of aromatic amines is 1. The van der Waals surface area contributed by atoms with E-state index in [4.69, 9.17) is 5.11 Å². The van der Waals surface area contributed by atoms with Crippen LogP contribution in [0.2, 0.25) is 0 Å². The average Bonchev–Trinajstić information content (AvgIpc) is 2.81. The van der Waals surface area contributed by atoms with Gasteiger partial charge in [-0.25, -0.2) is 14.6 Å². The largest absolute Gasteiger partial charge is 0.501 e. The van der Waals surface area contributed by atoms with Crippen molar-refractivity contribution in [3.05, 3.63) is 94.9 Å². The lowest BCUT2D eigenvalue weighted by molar-refractivity contribution is 0.0686. The Bertz CT molecular complexity index is 1400. The monoisotopic (exact) mass is 442 g/mol. The van der Waals surface area contributed by atoms with Crippen LogP contribution in [0.3, 0.4) is 0 Å². The molecule has 0 unspecified atom stereocenters. The van der Waals surface area contributed by atoms with Gasteiger partial charge < -0.3 is 25.8 Å². The summed E-state index contributed by atoms with van der Waals surface area (Å²) in [5.74, 6) is -2.57. The number of H-pyrrole nitrogens is 1. The molecular formula is C24H18N4O5. The fourth-order valence-electron chi connectivity index (χ4n) is 3.24. The molecule has 0 aliphatic rings. The highest BCUT2D eigenvalue weighted by Crippen LogP contribution is 2.28. The Kier molecular flexibility index (Phi) is 5.85. The molecule has 2 amide bonds. The maximum atomic E-state index is 12.6. The van der Waals surface area contributed by atoms with Crippen LogP contribution in [0.5, 0.6) is 5.75 Å². The first-order valence-electron chi connectivity index (χ1n) is 9.82. The number of anilines is 2. The Hall–Kier alpha value is -4.92. The number of hydrogen-bond acceptors (Lipinski definition) is 5. The van der Waals surface area contributed by atoms with E-state index in [1.165, 1.54) is 6.07 Å². The summed E-state index contributed by atoms with van der Waals surface area (Å²) in [5.41, 5.74) is 1.41. The van der Waals surface area contributed by atoms with Gasteiger partial charge in [-0.1, -0.05) is 60.7 Å². The molecule has 0 bridgehead atoms. The minimum atomic E-state index is -1.54. The number of carboxylic acid groups (broad SMARTS) is 1. The van der Waals surface area contributed by atoms with E-state index in [1.54, 1.807) is 24.3 Å². The van der Waals surface area contributed by atoms with Gasteiger partial charge in [-0.05, 0) is 23.8 Å². The highest BCUT2D eigenvalue weighted by molar-refractivity contribution is 6.02. The number of aromatic hydroxyl groups is 1. The zero-order valence-electron chi connectivity index (χ0n) is 17.1. The maximum absolute atomic E-state index is 12.6. The second kappa shape index (κ2) is 9.06. The molecule has 0 aliphatic heterocycles. The summed E-state index contributed by atoms with van der Waals surface area (Å²) >= 11 is 0. The molecule has 164 valence electrons. The minimum absolute atomic E-state index is 0.0614. The van der Waals surface area contributed by atoms with Crippen LogP contribution in [-0.4, -0.2) is 32.2 Å². The van der Waals surface area contributed by atoms with Crippen molar-refractivity contribution in [2.45, 2.75) is 0 Å². The van der Waals surface area contributed by atoms with E-state index in [1.807, 2.05) is 48.5 Å². The molecule has 1 aromatic heterocycles. The standard InChI is InChI=1S/C24H18N4O5/c29-20-19(23(31)32)27-21(28-22(20)30)15-9-6-10-16(13-15)25-24(33)26-18-12-5-4-11-17(18)14-7-2-1-3-8-14/h1-13,29H,(H,31,32)(H2,25,26,33)(H,27,28,30). The number of aromatic nitrogens is 2. The van der Waals surface area contributed by atoms with Crippen LogP contribution in [0, 0.1) is 0 Å². The van der Waals surface area contributed by atoms with Crippen LogP contribution in [0.4, 0.5) is 16.2 Å². The molecular weight excluding hydrogens is 424 g/mol. The number of carboxylic acids is 1. The van der Waals surface area contributed by atoms with Gasteiger partial charge in [-0.3, -0.25) is 4.79 Å². The average molecular weight is 442 g/mol. The summed E-state index contributed by atoms with van der Waals surface area (Å²) in [7, 11) is 0. The van der Waals surface area contributed by atoms with Crippen LogP contribution in [0.1, 0.15) is 10.5 Å². The zero-order valence-corrected chi connectivity index (χ0v) is 17.1. The smallest absolute Gasteiger partial charge is 0.358 e. The Morgan fingerprint density at radius 2 is 1.55 bits per heavy atom. The van der Waals surface area contributed by atoms with Gasteiger partial charge in [0, 0.05) is 16.8 Å². The molecule has 33 heavy (non-hydrogen) atoms. The number of aromatic carboxylic acids is 1. The van der Waals surface area contributed by atoms with Crippen molar-refractivity contribution in [3.63, 3.8) is 0 Å². The van der Waals surface area contributed by atoms with E-state index in [9.17, 15) is 19.5 Å². The molecule has 9 nitrogen and oxygen atoms in total. The van der Waals surface area contributed by atoms with Crippen molar-refractivity contribution in [1.29, 1.82) is 0 Å². The molecule has 4 aromatic rings. The maximum Gasteiger partial charge on any atom is 0.358 e. The van der Waals surface area contributed by atoms with Crippen molar-refractivity contribution in [2.75, 3.05) is 10.6 Å². The second-order valence-corrected chi connectivity index (χ2v) is 6.99. The lowest BCUT2D eigenvalue weighted by Crippen LogP contribution is -2.20. The number of hydrogen-bond donors (Lipinski definition) is 5. The van der Waals surface area contributed by atoms with E-state index >= 15 is 0 Å². The van der Waals surface area contributed by atoms with Crippen LogP contribution < -0.4 is 16.2 Å². The van der Waals surface area contributed by atoms with Crippen molar-refractivity contribution < 1.29 is 19.8 Å². The molecule has 1 heterocycles. The Labute approximate surface area is 187 Å². The number of carbonyl (C=O) groups excluding carboxylic acids is 1. The second-order valence-electron chi connectivity index (χ2n) is 6.99. The topological polar surface area (TPSA) is 144 Å². The summed E-state index contributed by atoms with van der Waals surface area (Å²) in [6.07, 6.45) is 0. The number of nitrogens with one attached hydrogen (secondary N) is 3. The SMILES string of the molecule is O=C(Nc1cccc(-c2nc(C(=O)O)c(O)c(=O)[nH]2)c1)Nc1ccccc1-c1ccccc1. The van der Waals surface area contributed by atoms with Crippen molar-refractivity contribution in [2.24, 2.45) is 0 Å². The van der Waals surface area contributed by atoms with Crippen molar-refractivity contribution >= 4 is 23.4 Å². The number of para-hydroxylation sites is 1. The molecule has 5 N–H and O–H groups in total. The number of urea groups is 1. The van der Waals surface area contributed by atoms with Gasteiger partial charge in [0.2, 0.25) is 5.75 Å². The molecule has 4 rings (SSSR count). The molecule has 0 fully saturated rings. The van der Waals surface area contributed by atoms with Crippen molar-refractivity contribution in [3.8, 4) is 28.3 Å². The van der Waals surface area contributed by atoms with Crippen LogP contribution in [0.15, 0.2) is 83.7 Å². The van der Waals surface area contributed by atoms with E-state index in [2.05, 4.69) is 20.6 Å². The molecule has 9 heteroatoms. The van der Waals surface area contributed by atoms with E-state index in [-0.39, 0.29) is 5.82 Å². The van der Waals surface area contributed by atoms with Gasteiger partial charge in [0.25, 0.3) is 5.56 Å². The first-order chi connectivity index (χ1) is 15.9. The molecule has 3 aromatic carbocycles. The first-order valence-corrected chi connectivity index (χ1v) is 9.82. The normalized spacial score (nSPS) is 10.4. The fraction of sp³-hybridized carbons (Fsp3) is 0. The Morgan fingerprint density at radius 1 is 0.848 bits per heavy atom. The fourth-order valence-corrected chi connectivity index (χ4v) is 3.24. The summed E-state index contributed by atoms with van der Waals surface area (Å²) in [5, 5.41) is 24.3. The predicted molar refractivity (Wildman–Crippen MR) is 123 cm³/mol. The van der Waals surface area contributed by atoms with Gasteiger partial charge >= 0.3 is 12.0 Å². The lowest BCUT2D eigenvalue weighted by atomic mass is 10.0. The van der Waals surface area contributed by atoms with Crippen LogP contribution >= 0.6 is 0 Å². The number of nitrogens with zero attached hydrogens (tertiary/aromatic N) is 1. The van der Waals surface area contributed by atoms with Gasteiger partial charge in [-0.15, -0.1) is 0 Å².